The predicted octanol–water partition coefficient (Wildman–Crippen LogP) is 5.20. The fraction of sp³-hybridized carbons (Fsp3) is 0.222. The molecule has 118 valence electrons. The van der Waals surface area contributed by atoms with Gasteiger partial charge in [-0.25, -0.2) is 4.98 Å². The maximum absolute atomic E-state index is 11.8. The highest BCUT2D eigenvalue weighted by Crippen LogP contribution is 2.29. The third-order valence-corrected chi connectivity index (χ3v) is 4.93. The molecule has 5 heteroatoms. The van der Waals surface area contributed by atoms with Gasteiger partial charge in [0, 0.05) is 28.1 Å². The van der Waals surface area contributed by atoms with E-state index in [0.717, 1.165) is 50.2 Å². The second-order valence-corrected chi connectivity index (χ2v) is 6.99. The smallest absolute Gasteiger partial charge is 0.161 e. The third kappa shape index (κ3) is 3.23. The number of hydrogen-bond donors (Lipinski definition) is 1. The van der Waals surface area contributed by atoms with Crippen molar-refractivity contribution in [3.63, 3.8) is 0 Å². The van der Waals surface area contributed by atoms with E-state index in [2.05, 4.69) is 4.98 Å². The number of halogens is 1. The zero-order valence-corrected chi connectivity index (χ0v) is 14.8. The molecule has 0 radical (unpaired) electrons. The summed E-state index contributed by atoms with van der Waals surface area (Å²) in [5, 5.41) is 3.79. The van der Waals surface area contributed by atoms with Crippen molar-refractivity contribution in [3.8, 4) is 11.4 Å². The fourth-order valence-corrected chi connectivity index (χ4v) is 3.89. The third-order valence-electron chi connectivity index (χ3n) is 3.84. The Morgan fingerprint density at radius 1 is 1.35 bits per heavy atom. The Morgan fingerprint density at radius 3 is 2.78 bits per heavy atom. The van der Waals surface area contributed by atoms with E-state index < -0.39 is 0 Å². The number of ketones is 1. The molecule has 2 aromatic heterocycles. The van der Waals surface area contributed by atoms with Gasteiger partial charge in [-0.1, -0.05) is 23.7 Å². The molecule has 0 aliphatic heterocycles. The van der Waals surface area contributed by atoms with E-state index in [1.54, 1.807) is 18.3 Å². The summed E-state index contributed by atoms with van der Waals surface area (Å²) in [7, 11) is 0. The topological polar surface area (TPSA) is 45.8 Å². The molecule has 0 amide bonds. The number of thiazole rings is 1. The molecule has 1 aromatic carbocycles. The number of aromatic nitrogens is 2. The van der Waals surface area contributed by atoms with Crippen LogP contribution in [0.1, 0.15) is 39.1 Å². The molecule has 3 aromatic rings. The molecule has 0 atom stereocenters. The van der Waals surface area contributed by atoms with Crippen LogP contribution in [-0.4, -0.2) is 15.8 Å². The molecule has 0 saturated heterocycles. The van der Waals surface area contributed by atoms with Crippen LogP contribution in [0.15, 0.2) is 29.6 Å². The second kappa shape index (κ2) is 6.30. The SMILES string of the molecule is CC(=O)c1c(C)[nH]c(-c2csc(Cc3cccc(Cl)c3)n2)c1C. The van der Waals surface area contributed by atoms with Gasteiger partial charge in [0.05, 0.1) is 16.4 Å². The van der Waals surface area contributed by atoms with Crippen LogP contribution in [0.5, 0.6) is 0 Å². The lowest BCUT2D eigenvalue weighted by atomic mass is 10.1. The lowest BCUT2D eigenvalue weighted by Gasteiger charge is -1.99. The monoisotopic (exact) mass is 344 g/mol. The molecule has 0 saturated carbocycles. The second-order valence-electron chi connectivity index (χ2n) is 5.61. The van der Waals surface area contributed by atoms with Crippen molar-refractivity contribution in [3.05, 3.63) is 62.1 Å². The fourth-order valence-electron chi connectivity index (χ4n) is 2.86. The molecule has 0 unspecified atom stereocenters. The molecule has 0 fully saturated rings. The zero-order chi connectivity index (χ0) is 16.6. The average molecular weight is 345 g/mol. The maximum atomic E-state index is 11.8. The first kappa shape index (κ1) is 16.0. The zero-order valence-electron chi connectivity index (χ0n) is 13.2. The first-order chi connectivity index (χ1) is 11.0. The standard InChI is InChI=1S/C18H17ClN2OS/c1-10-17(12(3)22)11(2)20-18(10)15-9-23-16(21-15)8-13-5-4-6-14(19)7-13/h4-7,9,20H,8H2,1-3H3. The van der Waals surface area contributed by atoms with Gasteiger partial charge < -0.3 is 4.98 Å². The summed E-state index contributed by atoms with van der Waals surface area (Å²) in [6.45, 7) is 5.48. The number of rotatable bonds is 4. The Balaban J connectivity index is 1.91. The van der Waals surface area contributed by atoms with E-state index in [4.69, 9.17) is 16.6 Å². The molecule has 0 aliphatic carbocycles. The summed E-state index contributed by atoms with van der Waals surface area (Å²) in [6, 6.07) is 7.82. The Bertz CT molecular complexity index is 879. The summed E-state index contributed by atoms with van der Waals surface area (Å²) >= 11 is 7.65. The van der Waals surface area contributed by atoms with E-state index in [1.807, 2.05) is 43.5 Å². The number of carbonyl (C=O) groups excluding carboxylic acids is 1. The van der Waals surface area contributed by atoms with Crippen LogP contribution >= 0.6 is 22.9 Å². The Hall–Kier alpha value is -1.91. The molecule has 23 heavy (non-hydrogen) atoms. The molecule has 0 bridgehead atoms. The van der Waals surface area contributed by atoms with E-state index in [-0.39, 0.29) is 5.78 Å². The largest absolute Gasteiger partial charge is 0.356 e. The molecular formula is C18H17ClN2OS. The number of carbonyl (C=O) groups is 1. The summed E-state index contributed by atoms with van der Waals surface area (Å²) in [5.74, 6) is 0.0804. The number of benzene rings is 1. The number of aromatic amines is 1. The van der Waals surface area contributed by atoms with Gasteiger partial charge in [0.1, 0.15) is 0 Å². The summed E-state index contributed by atoms with van der Waals surface area (Å²) in [6.07, 6.45) is 0.754. The Morgan fingerprint density at radius 2 is 2.13 bits per heavy atom. The Labute approximate surface area is 144 Å². The van der Waals surface area contributed by atoms with Gasteiger partial charge >= 0.3 is 0 Å². The van der Waals surface area contributed by atoms with Crippen LogP contribution in [0.25, 0.3) is 11.4 Å². The summed E-state index contributed by atoms with van der Waals surface area (Å²) in [5.41, 5.74) is 5.59. The normalized spacial score (nSPS) is 11.0. The van der Waals surface area contributed by atoms with Crippen LogP contribution in [0.2, 0.25) is 5.02 Å². The van der Waals surface area contributed by atoms with Crippen LogP contribution in [0.4, 0.5) is 0 Å². The van der Waals surface area contributed by atoms with Crippen molar-refractivity contribution >= 4 is 28.7 Å². The van der Waals surface area contributed by atoms with E-state index in [9.17, 15) is 4.79 Å². The van der Waals surface area contributed by atoms with Crippen molar-refractivity contribution < 1.29 is 4.79 Å². The highest BCUT2D eigenvalue weighted by Gasteiger charge is 2.17. The quantitative estimate of drug-likeness (QED) is 0.661. The minimum absolute atomic E-state index is 0.0804. The average Bonchev–Trinajstić information content (AvgIpc) is 3.03. The highest BCUT2D eigenvalue weighted by atomic mass is 35.5. The minimum atomic E-state index is 0.0804. The Kier molecular flexibility index (Phi) is 4.37. The van der Waals surface area contributed by atoms with E-state index >= 15 is 0 Å². The molecule has 1 N–H and O–H groups in total. The van der Waals surface area contributed by atoms with Crippen LogP contribution in [-0.2, 0) is 6.42 Å². The number of hydrogen-bond acceptors (Lipinski definition) is 3. The lowest BCUT2D eigenvalue weighted by molar-refractivity contribution is 0.101. The number of Topliss-reactive ketones (excluding diaryl/α,β-unsaturated/α-hetero) is 1. The predicted molar refractivity (Wildman–Crippen MR) is 95.6 cm³/mol. The lowest BCUT2D eigenvalue weighted by Crippen LogP contribution is -1.94. The minimum Gasteiger partial charge on any atom is -0.356 e. The van der Waals surface area contributed by atoms with Crippen molar-refractivity contribution in [2.75, 3.05) is 0 Å². The van der Waals surface area contributed by atoms with E-state index in [1.165, 1.54) is 0 Å². The number of H-pyrrole nitrogens is 1. The van der Waals surface area contributed by atoms with E-state index in [0.29, 0.717) is 0 Å². The van der Waals surface area contributed by atoms with Crippen molar-refractivity contribution in [2.24, 2.45) is 0 Å². The van der Waals surface area contributed by atoms with Crippen LogP contribution < -0.4 is 0 Å². The summed E-state index contributed by atoms with van der Waals surface area (Å²) in [4.78, 5) is 19.8. The molecule has 2 heterocycles. The first-order valence-corrected chi connectivity index (χ1v) is 8.60. The number of aryl methyl sites for hydroxylation is 1. The molecule has 3 rings (SSSR count). The van der Waals surface area contributed by atoms with Crippen LogP contribution in [0.3, 0.4) is 0 Å². The number of nitrogens with one attached hydrogen (secondary N) is 1. The molecule has 3 nitrogen and oxygen atoms in total. The number of nitrogens with zero attached hydrogens (tertiary/aromatic N) is 1. The van der Waals surface area contributed by atoms with Gasteiger partial charge in [-0.05, 0) is 44.0 Å². The molecule has 0 aliphatic rings. The first-order valence-electron chi connectivity index (χ1n) is 7.35. The highest BCUT2D eigenvalue weighted by molar-refractivity contribution is 7.10. The molecular weight excluding hydrogens is 328 g/mol. The van der Waals surface area contributed by atoms with Gasteiger partial charge in [0.15, 0.2) is 5.78 Å². The molecule has 0 spiro atoms. The van der Waals surface area contributed by atoms with Crippen LogP contribution in [0, 0.1) is 13.8 Å². The van der Waals surface area contributed by atoms with Crippen molar-refractivity contribution in [1.29, 1.82) is 0 Å². The van der Waals surface area contributed by atoms with Crippen molar-refractivity contribution in [2.45, 2.75) is 27.2 Å². The van der Waals surface area contributed by atoms with Gasteiger partial charge in [0.25, 0.3) is 0 Å². The van der Waals surface area contributed by atoms with Gasteiger partial charge in [-0.3, -0.25) is 4.79 Å². The van der Waals surface area contributed by atoms with Crippen molar-refractivity contribution in [1.82, 2.24) is 9.97 Å². The summed E-state index contributed by atoms with van der Waals surface area (Å²) < 4.78 is 0. The maximum Gasteiger partial charge on any atom is 0.161 e. The van der Waals surface area contributed by atoms with Gasteiger partial charge in [-0.2, -0.15) is 0 Å². The van der Waals surface area contributed by atoms with Gasteiger partial charge in [-0.15, -0.1) is 11.3 Å². The van der Waals surface area contributed by atoms with Gasteiger partial charge in [0.2, 0.25) is 0 Å².